The third-order valence-electron chi connectivity index (χ3n) is 5.54. The van der Waals surface area contributed by atoms with Crippen LogP contribution in [0.25, 0.3) is 0 Å². The number of rotatable bonds is 9. The van der Waals surface area contributed by atoms with Crippen LogP contribution in [-0.2, 0) is 35.6 Å². The number of esters is 2. The van der Waals surface area contributed by atoms with Gasteiger partial charge in [-0.2, -0.15) is 21.6 Å². The molecule has 8 nitrogen and oxygen atoms in total. The molecule has 1 aliphatic carbocycles. The minimum absolute atomic E-state index is 0.0858. The molecule has 0 spiro atoms. The average molecular weight is 595 g/mol. The van der Waals surface area contributed by atoms with Crippen LogP contribution in [0, 0.1) is 5.41 Å². The number of ether oxygens (including phenoxy) is 3. The molecule has 2 aromatic carbocycles. The van der Waals surface area contributed by atoms with Gasteiger partial charge >= 0.3 is 28.2 Å². The van der Waals surface area contributed by atoms with Gasteiger partial charge in [0.15, 0.2) is 5.41 Å². The molecule has 2 aromatic rings. The third kappa shape index (κ3) is 5.94. The maximum absolute atomic E-state index is 12.7. The predicted octanol–water partition coefficient (Wildman–Crippen LogP) is 4.85. The van der Waals surface area contributed by atoms with E-state index >= 15 is 0 Å². The second-order valence-corrected chi connectivity index (χ2v) is 10.6. The van der Waals surface area contributed by atoms with E-state index in [0.29, 0.717) is 11.1 Å². The first-order chi connectivity index (χ1) is 16.8. The molecule has 13 heteroatoms. The van der Waals surface area contributed by atoms with Crippen molar-refractivity contribution in [1.82, 2.24) is 0 Å². The lowest BCUT2D eigenvalue weighted by Crippen LogP contribution is -2.43. The highest BCUT2D eigenvalue weighted by atomic mass is 79.9. The fraction of sp³-hybridized carbons (Fsp3) is 0.391. The molecule has 0 radical (unpaired) electrons. The molecule has 0 aromatic heterocycles. The van der Waals surface area contributed by atoms with E-state index in [1.165, 1.54) is 24.3 Å². The number of hydrogen-bond acceptors (Lipinski definition) is 8. The maximum Gasteiger partial charge on any atom is 0.389 e. The molecule has 36 heavy (non-hydrogen) atoms. The van der Waals surface area contributed by atoms with Gasteiger partial charge in [-0.25, -0.2) is 0 Å². The van der Waals surface area contributed by atoms with E-state index in [1.807, 2.05) is 0 Å². The van der Waals surface area contributed by atoms with Crippen molar-refractivity contribution in [2.24, 2.45) is 5.41 Å². The molecule has 0 saturated carbocycles. The number of alkyl halides is 4. The number of hydrogen-bond donors (Lipinski definition) is 0. The molecule has 1 atom stereocenters. The zero-order chi connectivity index (χ0) is 26.7. The fourth-order valence-electron chi connectivity index (χ4n) is 3.89. The molecule has 0 bridgehead atoms. The fourth-order valence-corrected chi connectivity index (χ4v) is 5.83. The van der Waals surface area contributed by atoms with Gasteiger partial charge in [-0.15, -0.1) is 0 Å². The van der Waals surface area contributed by atoms with Crippen LogP contribution in [0.5, 0.6) is 17.2 Å². The summed E-state index contributed by atoms with van der Waals surface area (Å²) in [4.78, 5) is 24.6. The quantitative estimate of drug-likeness (QED) is 0.175. The van der Waals surface area contributed by atoms with Gasteiger partial charge in [-0.05, 0) is 30.2 Å². The van der Waals surface area contributed by atoms with Gasteiger partial charge in [-0.3, -0.25) is 9.59 Å². The highest BCUT2D eigenvalue weighted by Crippen LogP contribution is 2.55. The van der Waals surface area contributed by atoms with Crippen molar-refractivity contribution in [3.8, 4) is 17.2 Å². The van der Waals surface area contributed by atoms with Crippen molar-refractivity contribution >= 4 is 38.0 Å². The highest BCUT2D eigenvalue weighted by Gasteiger charge is 2.59. The lowest BCUT2D eigenvalue weighted by molar-refractivity contribution is -0.168. The molecule has 0 saturated heterocycles. The second-order valence-electron chi connectivity index (χ2n) is 7.96. The van der Waals surface area contributed by atoms with Crippen LogP contribution in [0.3, 0.4) is 0 Å². The highest BCUT2D eigenvalue weighted by molar-refractivity contribution is 9.09. The van der Waals surface area contributed by atoms with E-state index in [4.69, 9.17) is 18.4 Å². The molecule has 3 rings (SSSR count). The van der Waals surface area contributed by atoms with Crippen LogP contribution in [0.2, 0.25) is 0 Å². The first-order valence-corrected chi connectivity index (χ1v) is 13.0. The third-order valence-corrected chi connectivity index (χ3v) is 8.05. The summed E-state index contributed by atoms with van der Waals surface area (Å²) in [6, 6.07) is 10.5. The topological polar surface area (TPSA) is 105 Å². The summed E-state index contributed by atoms with van der Waals surface area (Å²) in [5, 5.41) is 0. The van der Waals surface area contributed by atoms with Crippen molar-refractivity contribution in [3.05, 3.63) is 53.6 Å². The summed E-state index contributed by atoms with van der Waals surface area (Å²) >= 11 is 3.43. The van der Waals surface area contributed by atoms with Crippen molar-refractivity contribution in [2.45, 2.75) is 30.3 Å². The van der Waals surface area contributed by atoms with Crippen molar-refractivity contribution in [2.75, 3.05) is 20.0 Å². The van der Waals surface area contributed by atoms with Crippen molar-refractivity contribution in [1.29, 1.82) is 0 Å². The summed E-state index contributed by atoms with van der Waals surface area (Å²) < 4.78 is 81.7. The van der Waals surface area contributed by atoms with Gasteiger partial charge in [0.25, 0.3) is 0 Å². The van der Waals surface area contributed by atoms with E-state index < -0.39 is 57.1 Å². The Bertz CT molecular complexity index is 1230. The van der Waals surface area contributed by atoms with Gasteiger partial charge < -0.3 is 18.4 Å². The summed E-state index contributed by atoms with van der Waals surface area (Å²) in [6.07, 6.45) is -6.43. The summed E-state index contributed by atoms with van der Waals surface area (Å²) in [5.41, 5.74) is -0.551. The lowest BCUT2D eigenvalue weighted by Gasteiger charge is -2.26. The molecule has 0 aliphatic heterocycles. The Labute approximate surface area is 213 Å². The number of methoxy groups -OCH3 is 2. The summed E-state index contributed by atoms with van der Waals surface area (Å²) in [7, 11) is -1.94. The smallest absolute Gasteiger partial charge is 0.389 e. The number of carbonyl (C=O) groups is 2. The molecule has 1 unspecified atom stereocenters. The van der Waals surface area contributed by atoms with Crippen LogP contribution in [0.1, 0.15) is 28.8 Å². The van der Waals surface area contributed by atoms with Gasteiger partial charge in [0.05, 0.1) is 24.8 Å². The number of halogens is 4. The first kappa shape index (κ1) is 27.8. The molecule has 196 valence electrons. The predicted molar refractivity (Wildman–Crippen MR) is 124 cm³/mol. The van der Waals surface area contributed by atoms with E-state index in [2.05, 4.69) is 15.9 Å². The normalized spacial score (nSPS) is 16.7. The SMILES string of the molecule is COC(=O)C1(C(=O)OC)Cc2c(Oc3cccc(OS(=O)(=O)CCCC(F)(F)F)c3)cccc2C1Br. The zero-order valence-corrected chi connectivity index (χ0v) is 21.5. The van der Waals surface area contributed by atoms with E-state index in [9.17, 15) is 31.2 Å². The number of fused-ring (bicyclic) bond motifs is 1. The van der Waals surface area contributed by atoms with Gasteiger partial charge in [-0.1, -0.05) is 34.1 Å². The Balaban J connectivity index is 1.83. The van der Waals surface area contributed by atoms with E-state index in [0.717, 1.165) is 14.2 Å². The molecular weight excluding hydrogens is 573 g/mol. The van der Waals surface area contributed by atoms with Crippen molar-refractivity contribution in [3.63, 3.8) is 0 Å². The summed E-state index contributed by atoms with van der Waals surface area (Å²) in [5.74, 6) is -2.08. The largest absolute Gasteiger partial charge is 0.468 e. The minimum atomic E-state index is -4.47. The van der Waals surface area contributed by atoms with Gasteiger partial charge in [0.1, 0.15) is 17.2 Å². The standard InChI is InChI=1S/C23H22BrF3O8S/c1-32-20(28)22(21(29)33-2)13-17-16(19(22)24)8-4-9-18(17)34-14-6-3-7-15(12-14)35-36(30,31)11-5-10-23(25,26)27/h3-4,6-9,12,19H,5,10-11,13H2,1-2H3. The molecule has 0 N–H and O–H groups in total. The first-order valence-electron chi connectivity index (χ1n) is 10.5. The Morgan fingerprint density at radius 3 is 2.28 bits per heavy atom. The molecule has 0 amide bonds. The van der Waals surface area contributed by atoms with Crippen LogP contribution in [-0.4, -0.2) is 46.5 Å². The number of carbonyl (C=O) groups excluding carboxylic acids is 2. The van der Waals surface area contributed by atoms with Crippen LogP contribution in [0.4, 0.5) is 13.2 Å². The van der Waals surface area contributed by atoms with Crippen LogP contribution >= 0.6 is 15.9 Å². The Morgan fingerprint density at radius 2 is 1.67 bits per heavy atom. The summed E-state index contributed by atoms with van der Waals surface area (Å²) in [6.45, 7) is 0. The van der Waals surface area contributed by atoms with Gasteiger partial charge in [0.2, 0.25) is 0 Å². The molecule has 0 heterocycles. The maximum atomic E-state index is 12.7. The average Bonchev–Trinajstić information content (AvgIpc) is 3.11. The number of benzene rings is 2. The molecular formula is C23H22BrF3O8S. The second kappa shape index (κ2) is 10.7. The Morgan fingerprint density at radius 1 is 1.06 bits per heavy atom. The van der Waals surface area contributed by atoms with E-state index in [-0.39, 0.29) is 23.7 Å². The van der Waals surface area contributed by atoms with Crippen LogP contribution < -0.4 is 8.92 Å². The zero-order valence-electron chi connectivity index (χ0n) is 19.1. The minimum Gasteiger partial charge on any atom is -0.468 e. The molecule has 0 fully saturated rings. The Hall–Kier alpha value is -2.80. The van der Waals surface area contributed by atoms with Gasteiger partial charge in [0, 0.05) is 24.5 Å². The Kier molecular flexibility index (Phi) is 8.23. The van der Waals surface area contributed by atoms with E-state index in [1.54, 1.807) is 18.2 Å². The lowest BCUT2D eigenvalue weighted by atomic mass is 9.84. The molecule has 1 aliphatic rings. The van der Waals surface area contributed by atoms with Crippen LogP contribution in [0.15, 0.2) is 42.5 Å². The van der Waals surface area contributed by atoms with Crippen molar-refractivity contribution < 1.29 is 49.6 Å². The monoisotopic (exact) mass is 594 g/mol.